The maximum atomic E-state index is 11.1. The molecule has 1 rings (SSSR count). The molecule has 0 aliphatic rings. The normalized spacial score (nSPS) is 10.9. The van der Waals surface area contributed by atoms with Gasteiger partial charge in [0.15, 0.2) is 5.78 Å². The molecule has 76 valence electrons. The van der Waals surface area contributed by atoms with E-state index < -0.39 is 0 Å². The molecule has 1 aromatic rings. The maximum Gasteiger partial charge on any atom is 0.159 e. The van der Waals surface area contributed by atoms with Crippen LogP contribution in [-0.2, 0) is 4.79 Å². The van der Waals surface area contributed by atoms with E-state index in [1.54, 1.807) is 18.2 Å². The quantitative estimate of drug-likeness (QED) is 0.402. The van der Waals surface area contributed by atoms with Crippen LogP contribution in [0.25, 0.3) is 6.08 Å². The highest BCUT2D eigenvalue weighted by Crippen LogP contribution is 2.00. The van der Waals surface area contributed by atoms with Crippen LogP contribution in [-0.4, -0.2) is 5.78 Å². The van der Waals surface area contributed by atoms with Gasteiger partial charge in [-0.2, -0.15) is 0 Å². The van der Waals surface area contributed by atoms with Crippen molar-refractivity contribution >= 4 is 11.9 Å². The van der Waals surface area contributed by atoms with Crippen molar-refractivity contribution in [3.8, 4) is 0 Å². The zero-order valence-corrected chi connectivity index (χ0v) is 8.60. The minimum atomic E-state index is 0.0720. The van der Waals surface area contributed by atoms with Crippen molar-refractivity contribution in [3.05, 3.63) is 66.8 Å². The molecular weight excluding hydrogens is 184 g/mol. The van der Waals surface area contributed by atoms with Crippen LogP contribution in [0.15, 0.2) is 61.2 Å². The van der Waals surface area contributed by atoms with Crippen LogP contribution in [0.3, 0.4) is 0 Å². The van der Waals surface area contributed by atoms with Gasteiger partial charge in [-0.3, -0.25) is 4.79 Å². The zero-order chi connectivity index (χ0) is 10.9. The van der Waals surface area contributed by atoms with E-state index in [9.17, 15) is 4.79 Å². The van der Waals surface area contributed by atoms with Crippen LogP contribution in [0.2, 0.25) is 0 Å². The number of rotatable bonds is 5. The van der Waals surface area contributed by atoms with Gasteiger partial charge in [0.25, 0.3) is 0 Å². The summed E-state index contributed by atoms with van der Waals surface area (Å²) in [5.41, 5.74) is 1.12. The second-order valence-electron chi connectivity index (χ2n) is 3.09. The van der Waals surface area contributed by atoms with Crippen molar-refractivity contribution in [2.75, 3.05) is 0 Å². The monoisotopic (exact) mass is 198 g/mol. The topological polar surface area (TPSA) is 17.1 Å². The van der Waals surface area contributed by atoms with Gasteiger partial charge in [0.05, 0.1) is 0 Å². The summed E-state index contributed by atoms with van der Waals surface area (Å²) >= 11 is 0. The summed E-state index contributed by atoms with van der Waals surface area (Å²) < 4.78 is 0. The summed E-state index contributed by atoms with van der Waals surface area (Å²) in [6.45, 7) is 3.50. The Labute approximate surface area is 90.4 Å². The van der Waals surface area contributed by atoms with E-state index in [2.05, 4.69) is 6.58 Å². The summed E-state index contributed by atoms with van der Waals surface area (Å²) in [6.07, 6.45) is 9.12. The molecule has 0 amide bonds. The number of ketones is 1. The first-order chi connectivity index (χ1) is 7.33. The van der Waals surface area contributed by atoms with E-state index >= 15 is 0 Å². The number of hydrogen-bond donors (Lipinski definition) is 0. The molecule has 0 aliphatic carbocycles. The lowest BCUT2D eigenvalue weighted by molar-refractivity contribution is -0.113. The molecule has 0 radical (unpaired) electrons. The molecule has 15 heavy (non-hydrogen) atoms. The number of allylic oxidation sites excluding steroid dienone is 4. The summed E-state index contributed by atoms with van der Waals surface area (Å²) in [5, 5.41) is 0. The molecule has 0 saturated heterocycles. The Morgan fingerprint density at radius 1 is 1.20 bits per heavy atom. The highest BCUT2D eigenvalue weighted by molar-refractivity contribution is 5.90. The fraction of sp³-hybridized carbons (Fsp3) is 0.0714. The Balaban J connectivity index is 2.46. The van der Waals surface area contributed by atoms with Crippen molar-refractivity contribution < 1.29 is 4.79 Å². The number of carbonyl (C=O) groups excluding carboxylic acids is 1. The molecular formula is C14H14O. The Kier molecular flexibility index (Phi) is 4.88. The molecule has 1 nitrogen and oxygen atoms in total. The van der Waals surface area contributed by atoms with Crippen LogP contribution >= 0.6 is 0 Å². The molecule has 1 aromatic carbocycles. The van der Waals surface area contributed by atoms with Crippen LogP contribution in [0.4, 0.5) is 0 Å². The predicted molar refractivity (Wildman–Crippen MR) is 64.4 cm³/mol. The molecule has 0 N–H and O–H groups in total. The molecule has 0 spiro atoms. The third kappa shape index (κ3) is 4.77. The Hall–Kier alpha value is -1.89. The predicted octanol–water partition coefficient (Wildman–Crippen LogP) is 3.40. The van der Waals surface area contributed by atoms with E-state index in [-0.39, 0.29) is 5.78 Å². The number of hydrogen-bond acceptors (Lipinski definition) is 1. The van der Waals surface area contributed by atoms with Crippen molar-refractivity contribution in [1.82, 2.24) is 0 Å². The highest BCUT2D eigenvalue weighted by Gasteiger charge is 1.88. The van der Waals surface area contributed by atoms with Crippen molar-refractivity contribution in [1.29, 1.82) is 0 Å². The molecule has 0 aliphatic heterocycles. The fourth-order valence-electron chi connectivity index (χ4n) is 1.10. The van der Waals surface area contributed by atoms with Crippen molar-refractivity contribution in [3.63, 3.8) is 0 Å². The van der Waals surface area contributed by atoms with Gasteiger partial charge in [-0.15, -0.1) is 6.58 Å². The summed E-state index contributed by atoms with van der Waals surface area (Å²) in [4.78, 5) is 11.1. The van der Waals surface area contributed by atoms with Gasteiger partial charge in [-0.05, 0) is 11.6 Å². The minimum absolute atomic E-state index is 0.0720. The second kappa shape index (κ2) is 6.55. The molecule has 0 heterocycles. The molecule has 0 saturated carbocycles. The molecule has 0 atom stereocenters. The summed E-state index contributed by atoms with van der Waals surface area (Å²) in [5.74, 6) is 0.0720. The maximum absolute atomic E-state index is 11.1. The average molecular weight is 198 g/mol. The Morgan fingerprint density at radius 2 is 1.93 bits per heavy atom. The van der Waals surface area contributed by atoms with Gasteiger partial charge in [0.1, 0.15) is 0 Å². The van der Waals surface area contributed by atoms with Gasteiger partial charge in [-0.1, -0.05) is 54.6 Å². The first-order valence-electron chi connectivity index (χ1n) is 4.86. The van der Waals surface area contributed by atoms with E-state index in [0.717, 1.165) is 5.56 Å². The van der Waals surface area contributed by atoms with Crippen LogP contribution in [0.1, 0.15) is 12.0 Å². The highest BCUT2D eigenvalue weighted by atomic mass is 16.1. The average Bonchev–Trinajstić information content (AvgIpc) is 2.26. The van der Waals surface area contributed by atoms with E-state index in [4.69, 9.17) is 0 Å². The second-order valence-corrected chi connectivity index (χ2v) is 3.09. The molecule has 0 bridgehead atoms. The lowest BCUT2D eigenvalue weighted by atomic mass is 10.2. The van der Waals surface area contributed by atoms with Crippen LogP contribution in [0, 0.1) is 0 Å². The van der Waals surface area contributed by atoms with E-state index in [1.807, 2.05) is 42.5 Å². The third-order valence-electron chi connectivity index (χ3n) is 1.83. The number of carbonyl (C=O) groups is 1. The van der Waals surface area contributed by atoms with Gasteiger partial charge >= 0.3 is 0 Å². The van der Waals surface area contributed by atoms with Gasteiger partial charge < -0.3 is 0 Å². The zero-order valence-electron chi connectivity index (χ0n) is 8.60. The van der Waals surface area contributed by atoms with Crippen molar-refractivity contribution in [2.45, 2.75) is 6.42 Å². The van der Waals surface area contributed by atoms with Gasteiger partial charge in [0.2, 0.25) is 0 Å². The van der Waals surface area contributed by atoms with Crippen LogP contribution < -0.4 is 0 Å². The molecule has 0 aromatic heterocycles. The first-order valence-corrected chi connectivity index (χ1v) is 4.86. The number of benzene rings is 1. The minimum Gasteiger partial charge on any atom is -0.295 e. The summed E-state index contributed by atoms with van der Waals surface area (Å²) in [7, 11) is 0. The molecule has 1 heteroatoms. The molecule has 0 fully saturated rings. The van der Waals surface area contributed by atoms with E-state index in [1.165, 1.54) is 0 Å². The SMILES string of the molecule is C=CCC(=O)/C=C/C=C/c1ccccc1. The lowest BCUT2D eigenvalue weighted by Gasteiger charge is -1.88. The van der Waals surface area contributed by atoms with E-state index in [0.29, 0.717) is 6.42 Å². The molecule has 0 unspecified atom stereocenters. The standard InChI is InChI=1S/C14H14O/c1-2-8-14(15)12-7-6-11-13-9-4-3-5-10-13/h2-7,9-12H,1,8H2/b11-6+,12-7+. The first kappa shape index (κ1) is 11.2. The van der Waals surface area contributed by atoms with Gasteiger partial charge in [0, 0.05) is 6.42 Å². The Bertz CT molecular complexity index is 372. The fourth-order valence-corrected chi connectivity index (χ4v) is 1.10. The van der Waals surface area contributed by atoms with Crippen molar-refractivity contribution in [2.24, 2.45) is 0 Å². The van der Waals surface area contributed by atoms with Gasteiger partial charge in [-0.25, -0.2) is 0 Å². The Morgan fingerprint density at radius 3 is 2.60 bits per heavy atom. The summed E-state index contributed by atoms with van der Waals surface area (Å²) in [6, 6.07) is 9.95. The smallest absolute Gasteiger partial charge is 0.159 e. The third-order valence-corrected chi connectivity index (χ3v) is 1.83. The van der Waals surface area contributed by atoms with Crippen LogP contribution in [0.5, 0.6) is 0 Å². The lowest BCUT2D eigenvalue weighted by Crippen LogP contribution is -1.86. The largest absolute Gasteiger partial charge is 0.295 e.